The molecule has 1 aromatic heterocycles. The van der Waals surface area contributed by atoms with Gasteiger partial charge in [0.05, 0.1) is 17.9 Å². The van der Waals surface area contributed by atoms with Gasteiger partial charge in [-0.25, -0.2) is 4.79 Å². The first-order chi connectivity index (χ1) is 13.7. The first-order valence-corrected chi connectivity index (χ1v) is 10.8. The van der Waals surface area contributed by atoms with Crippen molar-refractivity contribution in [3.05, 3.63) is 24.2 Å². The topological polar surface area (TPSA) is 75.0 Å². The Labute approximate surface area is 173 Å². The van der Waals surface area contributed by atoms with Crippen molar-refractivity contribution in [2.45, 2.75) is 83.5 Å². The van der Waals surface area contributed by atoms with Crippen molar-refractivity contribution < 1.29 is 18.7 Å². The van der Waals surface area contributed by atoms with E-state index in [-0.39, 0.29) is 24.1 Å². The van der Waals surface area contributed by atoms with Gasteiger partial charge < -0.3 is 24.3 Å². The number of carbonyl (C=O) groups is 2. The molecular formula is C22H35N3O4. The zero-order valence-corrected chi connectivity index (χ0v) is 18.1. The fourth-order valence-corrected chi connectivity index (χ4v) is 4.33. The van der Waals surface area contributed by atoms with Crippen molar-refractivity contribution in [3.63, 3.8) is 0 Å². The Morgan fingerprint density at radius 1 is 1.17 bits per heavy atom. The van der Waals surface area contributed by atoms with E-state index in [2.05, 4.69) is 12.2 Å². The van der Waals surface area contributed by atoms with Crippen LogP contribution in [-0.2, 0) is 4.74 Å². The third-order valence-corrected chi connectivity index (χ3v) is 5.80. The van der Waals surface area contributed by atoms with Crippen LogP contribution >= 0.6 is 0 Å². The van der Waals surface area contributed by atoms with Gasteiger partial charge in [0.15, 0.2) is 0 Å². The summed E-state index contributed by atoms with van der Waals surface area (Å²) in [7, 11) is 0. The molecule has 1 aromatic rings. The van der Waals surface area contributed by atoms with E-state index in [1.807, 2.05) is 30.6 Å². The number of carbonyl (C=O) groups excluding carboxylic acids is 2. The molecule has 3 heterocycles. The Balaban J connectivity index is 1.52. The second-order valence-corrected chi connectivity index (χ2v) is 9.27. The lowest BCUT2D eigenvalue weighted by Crippen LogP contribution is -2.57. The minimum atomic E-state index is -0.482. The van der Waals surface area contributed by atoms with Crippen LogP contribution in [0.3, 0.4) is 0 Å². The average molecular weight is 406 g/mol. The quantitative estimate of drug-likeness (QED) is 0.828. The van der Waals surface area contributed by atoms with Crippen molar-refractivity contribution in [2.75, 3.05) is 19.6 Å². The predicted molar refractivity (Wildman–Crippen MR) is 111 cm³/mol. The number of amides is 2. The number of piperidine rings is 2. The molecule has 0 aromatic carbocycles. The molecule has 2 fully saturated rings. The van der Waals surface area contributed by atoms with Gasteiger partial charge in [0.1, 0.15) is 11.9 Å². The molecule has 0 saturated carbocycles. The molecular weight excluding hydrogens is 370 g/mol. The highest BCUT2D eigenvalue weighted by Crippen LogP contribution is 2.24. The minimum Gasteiger partial charge on any atom is -0.472 e. The molecule has 0 spiro atoms. The summed E-state index contributed by atoms with van der Waals surface area (Å²) in [4.78, 5) is 28.9. The zero-order valence-electron chi connectivity index (χ0n) is 18.1. The summed E-state index contributed by atoms with van der Waals surface area (Å²) in [5, 5.41) is 3.72. The van der Waals surface area contributed by atoms with E-state index in [1.165, 1.54) is 12.5 Å². The molecule has 29 heavy (non-hydrogen) atoms. The number of rotatable bonds is 4. The lowest BCUT2D eigenvalue weighted by molar-refractivity contribution is 0.00446. The summed E-state index contributed by atoms with van der Waals surface area (Å²) in [6.07, 6.45) is 7.79. The van der Waals surface area contributed by atoms with E-state index in [1.54, 1.807) is 6.07 Å². The number of hydrogen-bond donors (Lipinski definition) is 1. The fourth-order valence-electron chi connectivity index (χ4n) is 4.33. The van der Waals surface area contributed by atoms with Crippen LogP contribution in [0.1, 0.15) is 70.2 Å². The van der Waals surface area contributed by atoms with Crippen molar-refractivity contribution >= 4 is 12.0 Å². The van der Waals surface area contributed by atoms with E-state index < -0.39 is 5.60 Å². The van der Waals surface area contributed by atoms with Crippen LogP contribution in [0.2, 0.25) is 0 Å². The lowest BCUT2D eigenvalue weighted by Gasteiger charge is -2.42. The van der Waals surface area contributed by atoms with E-state index in [4.69, 9.17) is 9.15 Å². The van der Waals surface area contributed by atoms with Crippen LogP contribution in [0, 0.1) is 0 Å². The van der Waals surface area contributed by atoms with Crippen molar-refractivity contribution in [2.24, 2.45) is 0 Å². The zero-order chi connectivity index (χ0) is 21.0. The molecule has 7 heteroatoms. The highest BCUT2D eigenvalue weighted by molar-refractivity contribution is 5.93. The summed E-state index contributed by atoms with van der Waals surface area (Å²) in [5.74, 6) is 0.0358. The van der Waals surface area contributed by atoms with Crippen LogP contribution in [0.25, 0.3) is 0 Å². The minimum absolute atomic E-state index is 0.0358. The number of nitrogens with one attached hydrogen (secondary N) is 1. The van der Waals surface area contributed by atoms with Gasteiger partial charge in [0.25, 0.3) is 5.91 Å². The Morgan fingerprint density at radius 2 is 1.90 bits per heavy atom. The second kappa shape index (κ2) is 9.20. The molecule has 0 unspecified atom stereocenters. The maximum absolute atomic E-state index is 12.7. The van der Waals surface area contributed by atoms with E-state index in [0.717, 1.165) is 51.7 Å². The number of nitrogens with zero attached hydrogens (tertiary/aromatic N) is 2. The summed E-state index contributed by atoms with van der Waals surface area (Å²) in [5.41, 5.74) is 0.129. The van der Waals surface area contributed by atoms with Gasteiger partial charge in [-0.2, -0.15) is 0 Å². The monoisotopic (exact) mass is 405 g/mol. The summed E-state index contributed by atoms with van der Waals surface area (Å²) in [6.45, 7) is 10.1. The van der Waals surface area contributed by atoms with Crippen LogP contribution in [-0.4, -0.2) is 65.2 Å². The number of hydrogen-bond acceptors (Lipinski definition) is 5. The van der Waals surface area contributed by atoms with Crippen molar-refractivity contribution in [3.8, 4) is 0 Å². The van der Waals surface area contributed by atoms with Crippen LogP contribution in [0.5, 0.6) is 0 Å². The molecule has 2 atom stereocenters. The molecule has 0 aliphatic carbocycles. The molecule has 0 bridgehead atoms. The predicted octanol–water partition coefficient (Wildman–Crippen LogP) is 3.65. The standard InChI is InChI=1S/C22H35N3O4/c1-16(19-7-5-6-11-25(19)21(27)29-22(2,3)4)23-18-8-12-24(13-9-18)20(26)17-10-14-28-15-17/h10,14-16,18-19,23H,5-9,11-13H2,1-4H3/t16-,19+/m0/s1. The summed E-state index contributed by atoms with van der Waals surface area (Å²) in [6, 6.07) is 2.39. The molecule has 2 aliphatic heterocycles. The Bertz CT molecular complexity index is 675. The van der Waals surface area contributed by atoms with Crippen LogP contribution in [0.4, 0.5) is 4.79 Å². The molecule has 1 N–H and O–H groups in total. The Hall–Kier alpha value is -2.02. The van der Waals surface area contributed by atoms with Crippen molar-refractivity contribution in [1.82, 2.24) is 15.1 Å². The summed E-state index contributed by atoms with van der Waals surface area (Å²) < 4.78 is 10.7. The number of likely N-dealkylation sites (tertiary alicyclic amines) is 2. The van der Waals surface area contributed by atoms with Crippen molar-refractivity contribution in [1.29, 1.82) is 0 Å². The largest absolute Gasteiger partial charge is 0.472 e. The van der Waals surface area contributed by atoms with E-state index >= 15 is 0 Å². The molecule has 2 aliphatic rings. The van der Waals surface area contributed by atoms with Gasteiger partial charge in [-0.05, 0) is 65.9 Å². The smallest absolute Gasteiger partial charge is 0.410 e. The molecule has 162 valence electrons. The third-order valence-electron chi connectivity index (χ3n) is 5.80. The van der Waals surface area contributed by atoms with Gasteiger partial charge in [-0.1, -0.05) is 0 Å². The van der Waals surface area contributed by atoms with Gasteiger partial charge in [0.2, 0.25) is 0 Å². The Morgan fingerprint density at radius 3 is 2.52 bits per heavy atom. The van der Waals surface area contributed by atoms with Crippen LogP contribution < -0.4 is 5.32 Å². The van der Waals surface area contributed by atoms with Gasteiger partial charge in [-0.15, -0.1) is 0 Å². The SMILES string of the molecule is C[C@H](NC1CCN(C(=O)c2ccoc2)CC1)[C@H]1CCCCN1C(=O)OC(C)(C)C. The van der Waals surface area contributed by atoms with E-state index in [0.29, 0.717) is 11.6 Å². The lowest BCUT2D eigenvalue weighted by atomic mass is 9.95. The van der Waals surface area contributed by atoms with Gasteiger partial charge in [0, 0.05) is 31.7 Å². The molecule has 0 radical (unpaired) electrons. The molecule has 3 rings (SSSR count). The fraction of sp³-hybridized carbons (Fsp3) is 0.727. The van der Waals surface area contributed by atoms with Gasteiger partial charge in [-0.3, -0.25) is 4.79 Å². The second-order valence-electron chi connectivity index (χ2n) is 9.27. The first-order valence-electron chi connectivity index (χ1n) is 10.8. The molecule has 2 saturated heterocycles. The maximum Gasteiger partial charge on any atom is 0.410 e. The molecule has 2 amide bonds. The maximum atomic E-state index is 12.7. The Kier molecular flexibility index (Phi) is 6.88. The van der Waals surface area contributed by atoms with Gasteiger partial charge >= 0.3 is 6.09 Å². The molecule has 7 nitrogen and oxygen atoms in total. The number of furan rings is 1. The van der Waals surface area contributed by atoms with Crippen LogP contribution in [0.15, 0.2) is 23.0 Å². The normalized spacial score (nSPS) is 22.4. The highest BCUT2D eigenvalue weighted by atomic mass is 16.6. The average Bonchev–Trinajstić information content (AvgIpc) is 3.21. The highest BCUT2D eigenvalue weighted by Gasteiger charge is 2.35. The first kappa shape index (κ1) is 21.7. The number of ether oxygens (including phenoxy) is 1. The summed E-state index contributed by atoms with van der Waals surface area (Å²) >= 11 is 0. The third kappa shape index (κ3) is 5.75. The van der Waals surface area contributed by atoms with E-state index in [9.17, 15) is 9.59 Å².